The average molecular weight is 447 g/mol. The minimum Gasteiger partial charge on any atom is -0.497 e. The van der Waals surface area contributed by atoms with Gasteiger partial charge in [-0.25, -0.2) is 13.1 Å². The van der Waals surface area contributed by atoms with Gasteiger partial charge in [-0.3, -0.25) is 4.79 Å². The summed E-state index contributed by atoms with van der Waals surface area (Å²) in [5, 5.41) is 2.81. The molecule has 8 heteroatoms. The van der Waals surface area contributed by atoms with Crippen LogP contribution < -0.4 is 19.5 Å². The molecule has 0 aliphatic heterocycles. The largest absolute Gasteiger partial charge is 0.497 e. The van der Waals surface area contributed by atoms with E-state index in [2.05, 4.69) is 10.0 Å². The van der Waals surface area contributed by atoms with Crippen molar-refractivity contribution in [2.24, 2.45) is 0 Å². The highest BCUT2D eigenvalue weighted by Crippen LogP contribution is 2.21. The quantitative estimate of drug-likeness (QED) is 0.585. The Morgan fingerprint density at radius 3 is 2.26 bits per heavy atom. The third kappa shape index (κ3) is 7.25. The zero-order valence-corrected chi connectivity index (χ0v) is 18.6. The van der Waals surface area contributed by atoms with E-state index in [0.29, 0.717) is 18.7 Å². The molecule has 1 aliphatic carbocycles. The lowest BCUT2D eigenvalue weighted by atomic mass is 9.96. The molecule has 2 N–H and O–H groups in total. The van der Waals surface area contributed by atoms with Crippen molar-refractivity contribution in [1.82, 2.24) is 10.0 Å². The van der Waals surface area contributed by atoms with Gasteiger partial charge in [0.25, 0.3) is 5.91 Å². The van der Waals surface area contributed by atoms with Gasteiger partial charge in [0, 0.05) is 12.6 Å². The number of sulfonamides is 1. The molecule has 0 spiro atoms. The van der Waals surface area contributed by atoms with Gasteiger partial charge in [-0.15, -0.1) is 0 Å². The lowest BCUT2D eigenvalue weighted by Gasteiger charge is -2.22. The fraction of sp³-hybridized carbons (Fsp3) is 0.435. The van der Waals surface area contributed by atoms with Crippen LogP contribution in [0, 0.1) is 0 Å². The highest BCUT2D eigenvalue weighted by molar-refractivity contribution is 7.89. The van der Waals surface area contributed by atoms with E-state index in [9.17, 15) is 13.2 Å². The molecule has 0 saturated heterocycles. The molecule has 2 aromatic rings. The first-order valence-electron chi connectivity index (χ1n) is 10.6. The van der Waals surface area contributed by atoms with Crippen molar-refractivity contribution in [3.63, 3.8) is 0 Å². The molecule has 168 valence electrons. The highest BCUT2D eigenvalue weighted by atomic mass is 32.2. The molecule has 31 heavy (non-hydrogen) atoms. The van der Waals surface area contributed by atoms with E-state index in [0.717, 1.165) is 37.0 Å². The smallest absolute Gasteiger partial charge is 0.257 e. The summed E-state index contributed by atoms with van der Waals surface area (Å²) in [7, 11) is -1.92. The Balaban J connectivity index is 1.41. The minimum atomic E-state index is -3.54. The van der Waals surface area contributed by atoms with Crippen LogP contribution >= 0.6 is 0 Å². The number of methoxy groups -OCH3 is 1. The molecule has 0 heterocycles. The standard InChI is InChI=1S/C23H30N2O5S/c1-29-20-9-7-18(8-10-20)15-16-24-23(26)17-30-21-11-13-22(14-12-21)31(27,28)25-19-5-3-2-4-6-19/h7-14,19,25H,2-6,15-17H2,1H3,(H,24,26). The van der Waals surface area contributed by atoms with Crippen LogP contribution in [-0.4, -0.2) is 40.6 Å². The minimum absolute atomic E-state index is 0.0105. The zero-order chi connectivity index (χ0) is 22.1. The predicted molar refractivity (Wildman–Crippen MR) is 119 cm³/mol. The normalized spacial score (nSPS) is 14.7. The molecule has 1 fully saturated rings. The van der Waals surface area contributed by atoms with Gasteiger partial charge in [0.15, 0.2) is 6.61 Å². The summed E-state index contributed by atoms with van der Waals surface area (Å²) < 4.78 is 38.4. The van der Waals surface area contributed by atoms with Crippen LogP contribution in [-0.2, 0) is 21.2 Å². The monoisotopic (exact) mass is 446 g/mol. The summed E-state index contributed by atoms with van der Waals surface area (Å²) in [5.74, 6) is 1.01. The number of hydrogen-bond acceptors (Lipinski definition) is 5. The Bertz CT molecular complexity index is 937. The maximum atomic E-state index is 12.5. The Morgan fingerprint density at radius 1 is 0.968 bits per heavy atom. The van der Waals surface area contributed by atoms with Crippen LogP contribution in [0.1, 0.15) is 37.7 Å². The van der Waals surface area contributed by atoms with Gasteiger partial charge < -0.3 is 14.8 Å². The second kappa shape index (κ2) is 11.2. The number of amides is 1. The molecule has 7 nitrogen and oxygen atoms in total. The molecule has 0 radical (unpaired) electrons. The first-order chi connectivity index (χ1) is 15.0. The number of benzene rings is 2. The van der Waals surface area contributed by atoms with Gasteiger partial charge in [0.05, 0.1) is 12.0 Å². The van der Waals surface area contributed by atoms with Gasteiger partial charge in [-0.1, -0.05) is 31.4 Å². The first kappa shape index (κ1) is 23.1. The number of hydrogen-bond donors (Lipinski definition) is 2. The lowest BCUT2D eigenvalue weighted by molar-refractivity contribution is -0.123. The van der Waals surface area contributed by atoms with Crippen LogP contribution in [0.4, 0.5) is 0 Å². The molecule has 0 aromatic heterocycles. The molecular formula is C23H30N2O5S. The van der Waals surface area contributed by atoms with E-state index in [4.69, 9.17) is 9.47 Å². The second-order valence-corrected chi connectivity index (χ2v) is 9.38. The number of rotatable bonds is 10. The van der Waals surface area contributed by atoms with Crippen molar-refractivity contribution in [3.8, 4) is 11.5 Å². The number of ether oxygens (including phenoxy) is 2. The number of carbonyl (C=O) groups is 1. The van der Waals surface area contributed by atoms with E-state index in [1.54, 1.807) is 19.2 Å². The molecule has 0 bridgehead atoms. The Hall–Kier alpha value is -2.58. The van der Waals surface area contributed by atoms with Gasteiger partial charge in [0.1, 0.15) is 11.5 Å². The topological polar surface area (TPSA) is 93.7 Å². The van der Waals surface area contributed by atoms with Crippen molar-refractivity contribution in [2.45, 2.75) is 49.5 Å². The third-order valence-corrected chi connectivity index (χ3v) is 6.86. The molecule has 2 aromatic carbocycles. The Morgan fingerprint density at radius 2 is 1.61 bits per heavy atom. The molecular weight excluding hydrogens is 416 g/mol. The maximum Gasteiger partial charge on any atom is 0.257 e. The van der Waals surface area contributed by atoms with Gasteiger partial charge in [0.2, 0.25) is 10.0 Å². The molecule has 1 aliphatic rings. The molecule has 0 unspecified atom stereocenters. The Labute approximate surface area is 184 Å². The van der Waals surface area contributed by atoms with E-state index in [1.807, 2.05) is 24.3 Å². The summed E-state index contributed by atoms with van der Waals surface area (Å²) in [5.41, 5.74) is 1.10. The van der Waals surface area contributed by atoms with Crippen molar-refractivity contribution in [2.75, 3.05) is 20.3 Å². The van der Waals surface area contributed by atoms with Crippen LogP contribution in [0.25, 0.3) is 0 Å². The predicted octanol–water partition coefficient (Wildman–Crippen LogP) is 3.04. The summed E-state index contributed by atoms with van der Waals surface area (Å²) >= 11 is 0. The van der Waals surface area contributed by atoms with E-state index in [-0.39, 0.29) is 23.5 Å². The Kier molecular flexibility index (Phi) is 8.31. The second-order valence-electron chi connectivity index (χ2n) is 7.66. The zero-order valence-electron chi connectivity index (χ0n) is 17.8. The van der Waals surface area contributed by atoms with Gasteiger partial charge in [-0.2, -0.15) is 0 Å². The lowest BCUT2D eigenvalue weighted by Crippen LogP contribution is -2.36. The fourth-order valence-electron chi connectivity index (χ4n) is 3.56. The van der Waals surface area contributed by atoms with Crippen LogP contribution in [0.3, 0.4) is 0 Å². The van der Waals surface area contributed by atoms with Crippen molar-refractivity contribution >= 4 is 15.9 Å². The first-order valence-corrected chi connectivity index (χ1v) is 12.1. The van der Waals surface area contributed by atoms with Crippen molar-refractivity contribution in [3.05, 3.63) is 54.1 Å². The van der Waals surface area contributed by atoms with Gasteiger partial charge in [-0.05, 0) is 61.2 Å². The fourth-order valence-corrected chi connectivity index (χ4v) is 4.87. The molecule has 0 atom stereocenters. The number of nitrogens with one attached hydrogen (secondary N) is 2. The highest BCUT2D eigenvalue weighted by Gasteiger charge is 2.21. The van der Waals surface area contributed by atoms with Crippen molar-refractivity contribution in [1.29, 1.82) is 0 Å². The summed E-state index contributed by atoms with van der Waals surface area (Å²) in [6.45, 7) is 0.369. The average Bonchev–Trinajstić information content (AvgIpc) is 2.79. The van der Waals surface area contributed by atoms with Crippen LogP contribution in [0.15, 0.2) is 53.4 Å². The summed E-state index contributed by atoms with van der Waals surface area (Å²) in [6.07, 6.45) is 5.75. The van der Waals surface area contributed by atoms with Crippen LogP contribution in [0.2, 0.25) is 0 Å². The maximum absolute atomic E-state index is 12.5. The summed E-state index contributed by atoms with van der Waals surface area (Å²) in [6, 6.07) is 13.8. The summed E-state index contributed by atoms with van der Waals surface area (Å²) in [4.78, 5) is 12.2. The van der Waals surface area contributed by atoms with E-state index >= 15 is 0 Å². The molecule has 1 saturated carbocycles. The third-order valence-electron chi connectivity index (χ3n) is 5.33. The van der Waals surface area contributed by atoms with E-state index in [1.165, 1.54) is 18.6 Å². The molecule has 1 amide bonds. The van der Waals surface area contributed by atoms with Crippen molar-refractivity contribution < 1.29 is 22.7 Å². The van der Waals surface area contributed by atoms with Gasteiger partial charge >= 0.3 is 0 Å². The SMILES string of the molecule is COc1ccc(CCNC(=O)COc2ccc(S(=O)(=O)NC3CCCCC3)cc2)cc1. The number of carbonyl (C=O) groups excluding carboxylic acids is 1. The van der Waals surface area contributed by atoms with E-state index < -0.39 is 10.0 Å². The van der Waals surface area contributed by atoms with Crippen LogP contribution in [0.5, 0.6) is 11.5 Å². The molecule has 3 rings (SSSR count).